The Bertz CT molecular complexity index is 934. The standard InChI is InChI=1S/C16H14BrN5O2S/c1-22-13(20-21-16(22)25)9-19-15(23)10-2-7-14(18-8-10)24-12-5-3-11(17)4-6-12/h2-8H,9H2,1H3,(H,19,23)(H,21,25). The molecular formula is C16H14BrN5O2S. The number of nitrogens with zero attached hydrogens (tertiary/aromatic N) is 3. The molecule has 0 radical (unpaired) electrons. The fourth-order valence-corrected chi connectivity index (χ4v) is 2.41. The van der Waals surface area contributed by atoms with E-state index in [4.69, 9.17) is 17.0 Å². The molecule has 3 rings (SSSR count). The molecule has 0 spiro atoms. The number of hydrogen-bond acceptors (Lipinski definition) is 5. The third-order valence-corrected chi connectivity index (χ3v) is 4.31. The van der Waals surface area contributed by atoms with Gasteiger partial charge in [-0.05, 0) is 42.5 Å². The number of H-pyrrole nitrogens is 1. The van der Waals surface area contributed by atoms with Crippen molar-refractivity contribution in [1.82, 2.24) is 25.1 Å². The minimum atomic E-state index is -0.253. The molecule has 0 atom stereocenters. The lowest BCUT2D eigenvalue weighted by Crippen LogP contribution is -2.24. The summed E-state index contributed by atoms with van der Waals surface area (Å²) in [7, 11) is 1.78. The van der Waals surface area contributed by atoms with E-state index in [2.05, 4.69) is 36.4 Å². The average molecular weight is 420 g/mol. The molecule has 7 nitrogen and oxygen atoms in total. The minimum absolute atomic E-state index is 0.253. The summed E-state index contributed by atoms with van der Waals surface area (Å²) in [4.78, 5) is 16.3. The van der Waals surface area contributed by atoms with Crippen LogP contribution < -0.4 is 10.1 Å². The van der Waals surface area contributed by atoms with Gasteiger partial charge in [0, 0.05) is 23.8 Å². The molecule has 128 valence electrons. The van der Waals surface area contributed by atoms with Gasteiger partial charge in [-0.3, -0.25) is 9.89 Å². The third kappa shape index (κ3) is 4.31. The van der Waals surface area contributed by atoms with Gasteiger partial charge in [0.2, 0.25) is 5.88 Å². The third-order valence-electron chi connectivity index (χ3n) is 3.41. The maximum atomic E-state index is 12.2. The summed E-state index contributed by atoms with van der Waals surface area (Å²) < 4.78 is 8.79. The van der Waals surface area contributed by atoms with Gasteiger partial charge in [0.15, 0.2) is 10.6 Å². The van der Waals surface area contributed by atoms with Crippen molar-refractivity contribution < 1.29 is 9.53 Å². The molecule has 2 heterocycles. The molecule has 25 heavy (non-hydrogen) atoms. The Kier molecular flexibility index (Phi) is 5.25. The van der Waals surface area contributed by atoms with Crippen LogP contribution in [-0.4, -0.2) is 25.7 Å². The van der Waals surface area contributed by atoms with Crippen LogP contribution in [0.4, 0.5) is 0 Å². The van der Waals surface area contributed by atoms with Gasteiger partial charge in [-0.25, -0.2) is 4.98 Å². The van der Waals surface area contributed by atoms with Crippen molar-refractivity contribution in [3.05, 3.63) is 63.2 Å². The number of carbonyl (C=O) groups excluding carboxylic acids is 1. The molecule has 0 saturated carbocycles. The lowest BCUT2D eigenvalue weighted by molar-refractivity contribution is 0.0949. The van der Waals surface area contributed by atoms with Crippen LogP contribution in [-0.2, 0) is 13.6 Å². The number of benzene rings is 1. The second-order valence-corrected chi connectivity index (χ2v) is 6.43. The largest absolute Gasteiger partial charge is 0.439 e. The molecule has 0 saturated heterocycles. The zero-order valence-corrected chi connectivity index (χ0v) is 15.6. The molecule has 0 aliphatic carbocycles. The number of carbonyl (C=O) groups is 1. The van der Waals surface area contributed by atoms with E-state index in [1.807, 2.05) is 24.3 Å². The van der Waals surface area contributed by atoms with E-state index in [0.717, 1.165) is 4.47 Å². The van der Waals surface area contributed by atoms with Crippen LogP contribution in [0.15, 0.2) is 47.1 Å². The Morgan fingerprint density at radius 1 is 1.32 bits per heavy atom. The first kappa shape index (κ1) is 17.3. The smallest absolute Gasteiger partial charge is 0.253 e. The molecule has 1 amide bonds. The maximum Gasteiger partial charge on any atom is 0.253 e. The molecule has 2 aromatic heterocycles. The van der Waals surface area contributed by atoms with Crippen molar-refractivity contribution in [1.29, 1.82) is 0 Å². The second kappa shape index (κ2) is 7.58. The van der Waals surface area contributed by atoms with Gasteiger partial charge >= 0.3 is 0 Å². The number of halogens is 1. The second-order valence-electron chi connectivity index (χ2n) is 5.13. The molecule has 9 heteroatoms. The van der Waals surface area contributed by atoms with Crippen LogP contribution >= 0.6 is 28.1 Å². The Labute approximate surface area is 157 Å². The van der Waals surface area contributed by atoms with Gasteiger partial charge < -0.3 is 14.6 Å². The highest BCUT2D eigenvalue weighted by Crippen LogP contribution is 2.21. The van der Waals surface area contributed by atoms with Gasteiger partial charge in [-0.1, -0.05) is 15.9 Å². The van der Waals surface area contributed by atoms with Gasteiger partial charge in [-0.2, -0.15) is 5.10 Å². The lowest BCUT2D eigenvalue weighted by atomic mass is 10.2. The van der Waals surface area contributed by atoms with Crippen molar-refractivity contribution in [3.8, 4) is 11.6 Å². The first-order valence-electron chi connectivity index (χ1n) is 7.31. The minimum Gasteiger partial charge on any atom is -0.439 e. The highest BCUT2D eigenvalue weighted by Gasteiger charge is 2.09. The van der Waals surface area contributed by atoms with Crippen LogP contribution in [0.25, 0.3) is 0 Å². The maximum absolute atomic E-state index is 12.2. The van der Waals surface area contributed by atoms with E-state index in [1.165, 1.54) is 6.20 Å². The summed E-state index contributed by atoms with van der Waals surface area (Å²) in [6, 6.07) is 10.7. The summed E-state index contributed by atoms with van der Waals surface area (Å²) >= 11 is 8.39. The van der Waals surface area contributed by atoms with E-state index < -0.39 is 0 Å². The number of aromatic amines is 1. The monoisotopic (exact) mass is 419 g/mol. The summed E-state index contributed by atoms with van der Waals surface area (Å²) in [5, 5.41) is 9.48. The number of hydrogen-bond donors (Lipinski definition) is 2. The predicted molar refractivity (Wildman–Crippen MR) is 98.0 cm³/mol. The lowest BCUT2D eigenvalue weighted by Gasteiger charge is -2.07. The van der Waals surface area contributed by atoms with Crippen molar-refractivity contribution in [3.63, 3.8) is 0 Å². The van der Waals surface area contributed by atoms with E-state index in [-0.39, 0.29) is 12.5 Å². The van der Waals surface area contributed by atoms with Gasteiger partial charge in [0.1, 0.15) is 5.75 Å². The van der Waals surface area contributed by atoms with E-state index in [9.17, 15) is 4.79 Å². The first-order valence-corrected chi connectivity index (χ1v) is 8.51. The molecule has 0 aliphatic heterocycles. The number of pyridine rings is 1. The van der Waals surface area contributed by atoms with Crippen molar-refractivity contribution in [2.45, 2.75) is 6.54 Å². The first-order chi connectivity index (χ1) is 12.0. The van der Waals surface area contributed by atoms with Crippen molar-refractivity contribution in [2.75, 3.05) is 0 Å². The van der Waals surface area contributed by atoms with Crippen LogP contribution in [0.3, 0.4) is 0 Å². The Morgan fingerprint density at radius 3 is 2.68 bits per heavy atom. The van der Waals surface area contributed by atoms with Gasteiger partial charge in [0.05, 0.1) is 12.1 Å². The average Bonchev–Trinajstić information content (AvgIpc) is 2.94. The summed E-state index contributed by atoms with van der Waals surface area (Å²) in [6.07, 6.45) is 1.46. The Hall–Kier alpha value is -2.52. The summed E-state index contributed by atoms with van der Waals surface area (Å²) in [5.41, 5.74) is 0.431. The molecule has 2 N–H and O–H groups in total. The van der Waals surface area contributed by atoms with Gasteiger partial charge in [-0.15, -0.1) is 0 Å². The van der Waals surface area contributed by atoms with E-state index in [1.54, 1.807) is 23.7 Å². The molecule has 1 aromatic carbocycles. The molecule has 0 aliphatic rings. The molecule has 0 bridgehead atoms. The van der Waals surface area contributed by atoms with Crippen LogP contribution in [0.1, 0.15) is 16.2 Å². The van der Waals surface area contributed by atoms with Crippen molar-refractivity contribution >= 4 is 34.1 Å². The zero-order valence-electron chi connectivity index (χ0n) is 13.2. The number of rotatable bonds is 5. The molecule has 0 unspecified atom stereocenters. The Balaban J connectivity index is 1.61. The number of nitrogens with one attached hydrogen (secondary N) is 2. The highest BCUT2D eigenvalue weighted by molar-refractivity contribution is 9.10. The number of aromatic nitrogens is 4. The topological polar surface area (TPSA) is 84.8 Å². The van der Waals surface area contributed by atoms with Crippen LogP contribution in [0.5, 0.6) is 11.6 Å². The highest BCUT2D eigenvalue weighted by atomic mass is 79.9. The normalized spacial score (nSPS) is 10.5. The molecule has 3 aromatic rings. The summed E-state index contributed by atoms with van der Waals surface area (Å²) in [5.74, 6) is 1.46. The van der Waals surface area contributed by atoms with E-state index >= 15 is 0 Å². The van der Waals surface area contributed by atoms with Crippen molar-refractivity contribution in [2.24, 2.45) is 7.05 Å². The van der Waals surface area contributed by atoms with Crippen LogP contribution in [0, 0.1) is 4.77 Å². The Morgan fingerprint density at radius 2 is 2.08 bits per heavy atom. The zero-order chi connectivity index (χ0) is 17.8. The number of ether oxygens (including phenoxy) is 1. The van der Waals surface area contributed by atoms with Crippen LogP contribution in [0.2, 0.25) is 0 Å². The SMILES string of the molecule is Cn1c(CNC(=O)c2ccc(Oc3ccc(Br)cc3)nc2)n[nH]c1=S. The van der Waals surface area contributed by atoms with E-state index in [0.29, 0.717) is 27.8 Å². The quantitative estimate of drug-likeness (QED) is 0.619. The summed E-state index contributed by atoms with van der Waals surface area (Å²) in [6.45, 7) is 0.264. The predicted octanol–water partition coefficient (Wildman–Crippen LogP) is 3.36. The number of amides is 1. The molecule has 0 fully saturated rings. The fourth-order valence-electron chi connectivity index (χ4n) is 2.00. The molecular weight excluding hydrogens is 406 g/mol. The van der Waals surface area contributed by atoms with Gasteiger partial charge in [0.25, 0.3) is 5.91 Å². The fraction of sp³-hybridized carbons (Fsp3) is 0.125.